The Bertz CT molecular complexity index is 521. The Balaban J connectivity index is 2.33. The Morgan fingerprint density at radius 2 is 2.22 bits per heavy atom. The van der Waals surface area contributed by atoms with Crippen LogP contribution in [0.3, 0.4) is 0 Å². The van der Waals surface area contributed by atoms with E-state index in [2.05, 4.69) is 9.72 Å². The minimum atomic E-state index is -0.611. The molecule has 94 valence electrons. The zero-order chi connectivity index (χ0) is 13.1. The number of ketones is 1. The largest absolute Gasteiger partial charge is 0.465 e. The molecule has 1 aromatic heterocycles. The highest BCUT2D eigenvalue weighted by atomic mass is 35.5. The summed E-state index contributed by atoms with van der Waals surface area (Å²) in [6, 6.07) is 3.26. The van der Waals surface area contributed by atoms with Crippen molar-refractivity contribution in [2.45, 2.75) is 12.8 Å². The van der Waals surface area contributed by atoms with Crippen molar-refractivity contribution >= 4 is 29.4 Å². The van der Waals surface area contributed by atoms with Crippen LogP contribution in [0.25, 0.3) is 6.08 Å². The van der Waals surface area contributed by atoms with Crippen LogP contribution in [0, 0.1) is 5.92 Å². The highest BCUT2D eigenvalue weighted by Crippen LogP contribution is 2.33. The number of hydrogen-bond donors (Lipinski definition) is 0. The molecule has 0 saturated heterocycles. The molecule has 1 aliphatic carbocycles. The Morgan fingerprint density at radius 1 is 1.50 bits per heavy atom. The first kappa shape index (κ1) is 12.8. The maximum absolute atomic E-state index is 12.0. The summed E-state index contributed by atoms with van der Waals surface area (Å²) in [5.74, 6) is -0.803. The molecule has 1 heterocycles. The van der Waals surface area contributed by atoms with Gasteiger partial charge >= 0.3 is 5.97 Å². The van der Waals surface area contributed by atoms with Gasteiger partial charge in [0.05, 0.1) is 7.11 Å². The fraction of sp³-hybridized carbons (Fsp3) is 0.308. The van der Waals surface area contributed by atoms with Gasteiger partial charge in [-0.15, -0.1) is 0 Å². The molecule has 1 aliphatic rings. The maximum Gasteiger partial charge on any atom is 0.341 e. The van der Waals surface area contributed by atoms with Crippen LogP contribution in [0.5, 0.6) is 0 Å². The first-order valence-electron chi connectivity index (χ1n) is 5.57. The topological polar surface area (TPSA) is 56.3 Å². The molecule has 0 bridgehead atoms. The van der Waals surface area contributed by atoms with Gasteiger partial charge in [0.2, 0.25) is 0 Å². The fourth-order valence-corrected chi connectivity index (χ4v) is 1.76. The summed E-state index contributed by atoms with van der Waals surface area (Å²) < 4.78 is 4.64. The molecule has 1 fully saturated rings. The summed E-state index contributed by atoms with van der Waals surface area (Å²) in [6.07, 6.45) is 4.69. The van der Waals surface area contributed by atoms with Crippen molar-refractivity contribution in [2.75, 3.05) is 7.11 Å². The molecule has 0 unspecified atom stereocenters. The molecule has 2 rings (SSSR count). The standard InChI is InChI=1S/C13H12ClNO3/c1-18-13(17)10(12(16)9-2-3-9)6-8-4-5-15-11(14)7-8/h4-7,9H,2-3H2,1H3. The third-order valence-corrected chi connectivity index (χ3v) is 2.89. The molecule has 0 spiro atoms. The van der Waals surface area contributed by atoms with Crippen molar-refractivity contribution in [1.29, 1.82) is 0 Å². The molecule has 1 aromatic rings. The summed E-state index contributed by atoms with van der Waals surface area (Å²) in [5, 5.41) is 0.312. The van der Waals surface area contributed by atoms with Gasteiger partial charge in [-0.2, -0.15) is 0 Å². The summed E-state index contributed by atoms with van der Waals surface area (Å²) >= 11 is 5.75. The number of carbonyl (C=O) groups is 2. The molecule has 0 N–H and O–H groups in total. The SMILES string of the molecule is COC(=O)C(=Cc1ccnc(Cl)c1)C(=O)C1CC1. The molecule has 5 heteroatoms. The number of esters is 1. The van der Waals surface area contributed by atoms with Crippen molar-refractivity contribution in [3.63, 3.8) is 0 Å². The molecule has 0 radical (unpaired) electrons. The van der Waals surface area contributed by atoms with E-state index < -0.39 is 5.97 Å². The van der Waals surface area contributed by atoms with E-state index in [-0.39, 0.29) is 17.3 Å². The quantitative estimate of drug-likeness (QED) is 0.276. The van der Waals surface area contributed by atoms with E-state index in [1.54, 1.807) is 12.1 Å². The molecule has 0 aliphatic heterocycles. The van der Waals surface area contributed by atoms with Crippen LogP contribution in [0.15, 0.2) is 23.9 Å². The molecule has 18 heavy (non-hydrogen) atoms. The van der Waals surface area contributed by atoms with Crippen LogP contribution in [0.4, 0.5) is 0 Å². The second kappa shape index (κ2) is 5.31. The van der Waals surface area contributed by atoms with Crippen LogP contribution < -0.4 is 0 Å². The maximum atomic E-state index is 12.0. The fourth-order valence-electron chi connectivity index (χ4n) is 1.58. The zero-order valence-corrected chi connectivity index (χ0v) is 10.6. The Labute approximate surface area is 110 Å². The molecule has 0 amide bonds. The van der Waals surface area contributed by atoms with E-state index in [4.69, 9.17) is 11.6 Å². The second-order valence-corrected chi connectivity index (χ2v) is 4.49. The van der Waals surface area contributed by atoms with Gasteiger partial charge in [0.1, 0.15) is 10.7 Å². The molecule has 0 atom stereocenters. The van der Waals surface area contributed by atoms with Crippen LogP contribution in [0.1, 0.15) is 18.4 Å². The lowest BCUT2D eigenvalue weighted by atomic mass is 10.0. The monoisotopic (exact) mass is 265 g/mol. The third-order valence-electron chi connectivity index (χ3n) is 2.68. The lowest BCUT2D eigenvalue weighted by Crippen LogP contribution is -2.15. The number of nitrogens with zero attached hydrogens (tertiary/aromatic N) is 1. The number of methoxy groups -OCH3 is 1. The van der Waals surface area contributed by atoms with Crippen LogP contribution in [0.2, 0.25) is 5.15 Å². The highest BCUT2D eigenvalue weighted by Gasteiger charge is 2.34. The molecule has 1 saturated carbocycles. The molecular formula is C13H12ClNO3. The summed E-state index contributed by atoms with van der Waals surface area (Å²) in [4.78, 5) is 27.4. The minimum Gasteiger partial charge on any atom is -0.465 e. The minimum absolute atomic E-state index is 0.0346. The Hall–Kier alpha value is -1.68. The number of rotatable bonds is 4. The predicted molar refractivity (Wildman–Crippen MR) is 67.0 cm³/mol. The van der Waals surface area contributed by atoms with Crippen LogP contribution >= 0.6 is 11.6 Å². The van der Waals surface area contributed by atoms with Crippen LogP contribution in [-0.4, -0.2) is 23.8 Å². The average molecular weight is 266 g/mol. The van der Waals surface area contributed by atoms with Crippen molar-refractivity contribution in [1.82, 2.24) is 4.98 Å². The van der Waals surface area contributed by atoms with Gasteiger partial charge in [-0.05, 0) is 36.6 Å². The normalized spacial score (nSPS) is 15.3. The summed E-state index contributed by atoms with van der Waals surface area (Å²) in [6.45, 7) is 0. The van der Waals surface area contributed by atoms with Gasteiger partial charge in [-0.3, -0.25) is 4.79 Å². The highest BCUT2D eigenvalue weighted by molar-refractivity contribution is 6.29. The number of aromatic nitrogens is 1. The van der Waals surface area contributed by atoms with Gasteiger partial charge < -0.3 is 4.74 Å². The van der Waals surface area contributed by atoms with E-state index in [0.717, 1.165) is 12.8 Å². The van der Waals surface area contributed by atoms with Crippen molar-refractivity contribution in [2.24, 2.45) is 5.92 Å². The smallest absolute Gasteiger partial charge is 0.341 e. The molecule has 0 aromatic carbocycles. The van der Waals surface area contributed by atoms with E-state index >= 15 is 0 Å². The molecule has 4 nitrogen and oxygen atoms in total. The number of ether oxygens (including phenoxy) is 1. The lowest BCUT2D eigenvalue weighted by Gasteiger charge is -2.04. The van der Waals surface area contributed by atoms with E-state index in [1.807, 2.05) is 0 Å². The number of halogens is 1. The summed E-state index contributed by atoms with van der Waals surface area (Å²) in [7, 11) is 1.26. The summed E-state index contributed by atoms with van der Waals surface area (Å²) in [5.41, 5.74) is 0.728. The van der Waals surface area contributed by atoms with E-state index in [0.29, 0.717) is 10.7 Å². The average Bonchev–Trinajstić information content (AvgIpc) is 3.18. The third kappa shape index (κ3) is 2.96. The van der Waals surface area contributed by atoms with E-state index in [1.165, 1.54) is 19.4 Å². The van der Waals surface area contributed by atoms with E-state index in [9.17, 15) is 9.59 Å². The van der Waals surface area contributed by atoms with Gasteiger partial charge in [0.25, 0.3) is 0 Å². The predicted octanol–water partition coefficient (Wildman–Crippen LogP) is 2.27. The second-order valence-electron chi connectivity index (χ2n) is 4.10. The zero-order valence-electron chi connectivity index (χ0n) is 9.85. The van der Waals surface area contributed by atoms with Crippen molar-refractivity contribution < 1.29 is 14.3 Å². The first-order chi connectivity index (χ1) is 8.61. The van der Waals surface area contributed by atoms with Gasteiger partial charge in [-0.25, -0.2) is 9.78 Å². The Morgan fingerprint density at radius 3 is 2.78 bits per heavy atom. The molecular weight excluding hydrogens is 254 g/mol. The van der Waals surface area contributed by atoms with Crippen molar-refractivity contribution in [3.8, 4) is 0 Å². The first-order valence-corrected chi connectivity index (χ1v) is 5.95. The number of pyridine rings is 1. The lowest BCUT2D eigenvalue weighted by molar-refractivity contribution is -0.137. The Kier molecular flexibility index (Phi) is 3.77. The van der Waals surface area contributed by atoms with Crippen molar-refractivity contribution in [3.05, 3.63) is 34.6 Å². The van der Waals surface area contributed by atoms with Gasteiger partial charge in [0.15, 0.2) is 5.78 Å². The van der Waals surface area contributed by atoms with Gasteiger partial charge in [-0.1, -0.05) is 11.6 Å². The number of hydrogen-bond acceptors (Lipinski definition) is 4. The van der Waals surface area contributed by atoms with Crippen LogP contribution in [-0.2, 0) is 14.3 Å². The van der Waals surface area contributed by atoms with Gasteiger partial charge in [0, 0.05) is 12.1 Å². The number of carbonyl (C=O) groups excluding carboxylic acids is 2. The number of Topliss-reactive ketones (excluding diaryl/α,β-unsaturated/α-hetero) is 1.